The van der Waals surface area contributed by atoms with E-state index in [1.165, 1.54) is 12.1 Å². The third kappa shape index (κ3) is 4.27. The molecule has 134 valence electrons. The van der Waals surface area contributed by atoms with Crippen molar-refractivity contribution in [3.63, 3.8) is 0 Å². The van der Waals surface area contributed by atoms with E-state index in [9.17, 15) is 13.2 Å². The molecule has 1 amide bonds. The average Bonchev–Trinajstić information content (AvgIpc) is 3.39. The molecule has 2 aliphatic carbocycles. The van der Waals surface area contributed by atoms with Crippen LogP contribution in [0.1, 0.15) is 43.0 Å². The second kappa shape index (κ2) is 7.00. The molecule has 0 spiro atoms. The van der Waals surface area contributed by atoms with E-state index in [-0.39, 0.29) is 29.3 Å². The zero-order valence-corrected chi connectivity index (χ0v) is 15.3. The largest absolute Gasteiger partial charge is 0.345 e. The van der Waals surface area contributed by atoms with Crippen LogP contribution in [0.15, 0.2) is 29.2 Å². The van der Waals surface area contributed by atoms with Crippen molar-refractivity contribution in [2.24, 2.45) is 11.7 Å². The van der Waals surface area contributed by atoms with Gasteiger partial charge < -0.3 is 11.1 Å². The minimum Gasteiger partial charge on any atom is -0.345 e. The van der Waals surface area contributed by atoms with Gasteiger partial charge in [-0.05, 0) is 56.7 Å². The summed E-state index contributed by atoms with van der Waals surface area (Å²) in [6.07, 6.45) is 3.87. The first-order valence-corrected chi connectivity index (χ1v) is 9.47. The predicted octanol–water partition coefficient (Wildman–Crippen LogP) is 1.41. The molecule has 1 aromatic carbocycles. The number of carbonyl (C=O) groups is 1. The quantitative estimate of drug-likeness (QED) is 0.672. The van der Waals surface area contributed by atoms with E-state index in [4.69, 9.17) is 5.73 Å². The van der Waals surface area contributed by atoms with Crippen molar-refractivity contribution in [3.8, 4) is 0 Å². The van der Waals surface area contributed by atoms with Gasteiger partial charge in [0.2, 0.25) is 10.0 Å². The maximum Gasteiger partial charge on any atom is 0.251 e. The van der Waals surface area contributed by atoms with Crippen molar-refractivity contribution in [3.05, 3.63) is 29.8 Å². The molecule has 24 heavy (non-hydrogen) atoms. The standard InChI is InChI=1S/C16H23N3O3S.ClH/c1-16(10-17,12-5-6-12)18-15(20)11-3-2-4-14(9-11)23(21,22)19-13-7-8-13;/h2-4,9,12-13,19H,5-8,10,17H2,1H3,(H,18,20);1H. The highest BCUT2D eigenvalue weighted by Crippen LogP contribution is 2.39. The molecule has 0 aromatic heterocycles. The molecule has 8 heteroatoms. The Balaban J connectivity index is 0.00000208. The van der Waals surface area contributed by atoms with Gasteiger partial charge in [-0.1, -0.05) is 6.07 Å². The van der Waals surface area contributed by atoms with E-state index in [1.54, 1.807) is 12.1 Å². The lowest BCUT2D eigenvalue weighted by atomic mass is 9.95. The number of rotatable bonds is 7. The molecule has 1 aromatic rings. The lowest BCUT2D eigenvalue weighted by Crippen LogP contribution is -2.53. The SMILES string of the molecule is CC(CN)(NC(=O)c1cccc(S(=O)(=O)NC2CC2)c1)C1CC1.Cl. The van der Waals surface area contributed by atoms with Crippen LogP contribution in [0.25, 0.3) is 0 Å². The molecule has 2 aliphatic rings. The van der Waals surface area contributed by atoms with Gasteiger partial charge in [0.15, 0.2) is 0 Å². The fraction of sp³-hybridized carbons (Fsp3) is 0.562. The molecule has 0 aliphatic heterocycles. The highest BCUT2D eigenvalue weighted by Gasteiger charge is 2.41. The molecule has 0 radical (unpaired) electrons. The summed E-state index contributed by atoms with van der Waals surface area (Å²) >= 11 is 0. The van der Waals surface area contributed by atoms with Crippen LogP contribution in [0.4, 0.5) is 0 Å². The van der Waals surface area contributed by atoms with Gasteiger partial charge in [-0.15, -0.1) is 12.4 Å². The Bertz CT molecular complexity index is 717. The van der Waals surface area contributed by atoms with E-state index in [0.29, 0.717) is 18.0 Å². The zero-order chi connectivity index (χ0) is 16.7. The van der Waals surface area contributed by atoms with Crippen molar-refractivity contribution >= 4 is 28.3 Å². The molecule has 2 fully saturated rings. The predicted molar refractivity (Wildman–Crippen MR) is 94.7 cm³/mol. The van der Waals surface area contributed by atoms with Crippen molar-refractivity contribution in [2.45, 2.75) is 49.1 Å². The second-order valence-electron chi connectivity index (χ2n) is 6.77. The van der Waals surface area contributed by atoms with E-state index in [2.05, 4.69) is 10.0 Å². The summed E-state index contributed by atoms with van der Waals surface area (Å²) in [5.41, 5.74) is 5.72. The maximum absolute atomic E-state index is 12.5. The Labute approximate surface area is 149 Å². The average molecular weight is 374 g/mol. The number of carbonyl (C=O) groups excluding carboxylic acids is 1. The molecule has 1 unspecified atom stereocenters. The van der Waals surface area contributed by atoms with E-state index in [1.807, 2.05) is 6.92 Å². The van der Waals surface area contributed by atoms with Crippen LogP contribution in [-0.2, 0) is 10.0 Å². The highest BCUT2D eigenvalue weighted by molar-refractivity contribution is 7.89. The molecule has 6 nitrogen and oxygen atoms in total. The van der Waals surface area contributed by atoms with Crippen molar-refractivity contribution in [1.82, 2.24) is 10.0 Å². The molecule has 0 heterocycles. The van der Waals surface area contributed by atoms with Crippen LogP contribution in [0.2, 0.25) is 0 Å². The fourth-order valence-corrected chi connectivity index (χ4v) is 4.02. The molecule has 0 saturated heterocycles. The van der Waals surface area contributed by atoms with Gasteiger partial charge in [0.1, 0.15) is 0 Å². The van der Waals surface area contributed by atoms with Crippen molar-refractivity contribution < 1.29 is 13.2 Å². The number of amides is 1. The van der Waals surface area contributed by atoms with Gasteiger partial charge in [0.05, 0.1) is 10.4 Å². The Hall–Kier alpha value is -1.15. The van der Waals surface area contributed by atoms with Crippen LogP contribution in [-0.4, -0.2) is 32.5 Å². The third-order valence-electron chi connectivity index (χ3n) is 4.61. The van der Waals surface area contributed by atoms with Gasteiger partial charge in [0, 0.05) is 18.2 Å². The minimum atomic E-state index is -3.56. The first-order chi connectivity index (χ1) is 10.8. The van der Waals surface area contributed by atoms with Gasteiger partial charge in [-0.3, -0.25) is 4.79 Å². The highest BCUT2D eigenvalue weighted by atomic mass is 35.5. The summed E-state index contributed by atoms with van der Waals surface area (Å²) in [4.78, 5) is 12.6. The van der Waals surface area contributed by atoms with Gasteiger partial charge in [-0.2, -0.15) is 0 Å². The number of sulfonamides is 1. The van der Waals surface area contributed by atoms with E-state index >= 15 is 0 Å². The maximum atomic E-state index is 12.5. The number of halogens is 1. The second-order valence-corrected chi connectivity index (χ2v) is 8.49. The summed E-state index contributed by atoms with van der Waals surface area (Å²) in [6.45, 7) is 2.31. The summed E-state index contributed by atoms with van der Waals surface area (Å²) in [5.74, 6) is 0.119. The Morgan fingerprint density at radius 1 is 1.29 bits per heavy atom. The summed E-state index contributed by atoms with van der Waals surface area (Å²) in [6, 6.07) is 6.17. The topological polar surface area (TPSA) is 101 Å². The van der Waals surface area contributed by atoms with Gasteiger partial charge in [-0.25, -0.2) is 13.1 Å². The molecule has 1 atom stereocenters. The third-order valence-corrected chi connectivity index (χ3v) is 6.13. The van der Waals surface area contributed by atoms with Crippen LogP contribution < -0.4 is 15.8 Å². The fourth-order valence-electron chi connectivity index (χ4n) is 2.66. The van der Waals surface area contributed by atoms with Crippen molar-refractivity contribution in [2.75, 3.05) is 6.54 Å². The van der Waals surface area contributed by atoms with Crippen LogP contribution >= 0.6 is 12.4 Å². The summed E-state index contributed by atoms with van der Waals surface area (Å²) < 4.78 is 27.1. The molecule has 3 rings (SSSR count). The number of benzene rings is 1. The smallest absolute Gasteiger partial charge is 0.251 e. The summed E-state index contributed by atoms with van der Waals surface area (Å²) in [5, 5.41) is 2.97. The van der Waals surface area contributed by atoms with Crippen molar-refractivity contribution in [1.29, 1.82) is 0 Å². The zero-order valence-electron chi connectivity index (χ0n) is 13.6. The Morgan fingerprint density at radius 3 is 2.50 bits per heavy atom. The van der Waals surface area contributed by atoms with Gasteiger partial charge >= 0.3 is 0 Å². The number of nitrogens with one attached hydrogen (secondary N) is 2. The Kier molecular flexibility index (Phi) is 5.59. The molecular formula is C16H24ClN3O3S. The van der Waals surface area contributed by atoms with Crippen LogP contribution in [0, 0.1) is 5.92 Å². The number of hydrogen-bond donors (Lipinski definition) is 3. The normalized spacial score (nSPS) is 19.9. The lowest BCUT2D eigenvalue weighted by molar-refractivity contribution is 0.0897. The number of nitrogens with two attached hydrogens (primary N) is 1. The van der Waals surface area contributed by atoms with Gasteiger partial charge in [0.25, 0.3) is 5.91 Å². The number of hydrogen-bond acceptors (Lipinski definition) is 4. The van der Waals surface area contributed by atoms with Crippen LogP contribution in [0.5, 0.6) is 0 Å². The molecule has 4 N–H and O–H groups in total. The van der Waals surface area contributed by atoms with E-state index < -0.39 is 15.6 Å². The minimum absolute atomic E-state index is 0. The lowest BCUT2D eigenvalue weighted by Gasteiger charge is -2.29. The first-order valence-electron chi connectivity index (χ1n) is 7.99. The van der Waals surface area contributed by atoms with E-state index in [0.717, 1.165) is 25.7 Å². The molecule has 0 bridgehead atoms. The first kappa shape index (κ1) is 19.2. The summed E-state index contributed by atoms with van der Waals surface area (Å²) in [7, 11) is -3.56. The molecular weight excluding hydrogens is 350 g/mol. The molecule has 2 saturated carbocycles. The van der Waals surface area contributed by atoms with Crippen LogP contribution in [0.3, 0.4) is 0 Å². The monoisotopic (exact) mass is 373 g/mol. The Morgan fingerprint density at radius 2 is 1.96 bits per heavy atom.